The molecule has 1 amide bonds. The van der Waals surface area contributed by atoms with Gasteiger partial charge in [-0.2, -0.15) is 4.98 Å². The summed E-state index contributed by atoms with van der Waals surface area (Å²) in [6, 6.07) is 7.47. The minimum Gasteiger partial charge on any atom is -0.340 e. The zero-order chi connectivity index (χ0) is 18.8. The second kappa shape index (κ2) is 7.60. The molecule has 1 aliphatic rings. The van der Waals surface area contributed by atoms with Crippen molar-refractivity contribution < 1.29 is 13.7 Å². The third-order valence-electron chi connectivity index (χ3n) is 4.76. The molecule has 7 heteroatoms. The Hall–Kier alpha value is -2.54. The van der Waals surface area contributed by atoms with Crippen LogP contribution in [-0.2, 0) is 12.8 Å². The van der Waals surface area contributed by atoms with E-state index >= 15 is 0 Å². The van der Waals surface area contributed by atoms with Gasteiger partial charge in [-0.1, -0.05) is 29.8 Å². The molecule has 1 aromatic carbocycles. The monoisotopic (exact) mass is 385 g/mol. The van der Waals surface area contributed by atoms with Crippen LogP contribution in [0.15, 0.2) is 34.9 Å². The summed E-state index contributed by atoms with van der Waals surface area (Å²) in [4.78, 5) is 19.0. The third-order valence-corrected chi connectivity index (χ3v) is 6.00. The van der Waals surface area contributed by atoms with Crippen LogP contribution in [0.1, 0.15) is 62.7 Å². The SMILES string of the molecule is Cc1nc(C(NC(=O)c2cc3c(s2)CCCCC3)c2ccccc2F)no1. The van der Waals surface area contributed by atoms with E-state index in [1.807, 2.05) is 6.07 Å². The van der Waals surface area contributed by atoms with Crippen molar-refractivity contribution in [3.05, 3.63) is 68.7 Å². The van der Waals surface area contributed by atoms with Gasteiger partial charge in [-0.25, -0.2) is 4.39 Å². The van der Waals surface area contributed by atoms with Crippen LogP contribution >= 0.6 is 11.3 Å². The molecule has 27 heavy (non-hydrogen) atoms. The van der Waals surface area contributed by atoms with Crippen LogP contribution in [0.25, 0.3) is 0 Å². The van der Waals surface area contributed by atoms with E-state index in [0.717, 1.165) is 25.7 Å². The van der Waals surface area contributed by atoms with Gasteiger partial charge in [0.25, 0.3) is 5.91 Å². The smallest absolute Gasteiger partial charge is 0.262 e. The van der Waals surface area contributed by atoms with Crippen molar-refractivity contribution in [1.29, 1.82) is 0 Å². The van der Waals surface area contributed by atoms with Crippen LogP contribution in [0.4, 0.5) is 4.39 Å². The molecule has 140 valence electrons. The summed E-state index contributed by atoms with van der Waals surface area (Å²) in [5, 5.41) is 6.79. The first-order chi connectivity index (χ1) is 13.1. The normalized spacial score (nSPS) is 15.0. The number of carbonyl (C=O) groups excluding carboxylic acids is 1. The number of aryl methyl sites for hydroxylation is 3. The number of thiophene rings is 1. The Balaban J connectivity index is 1.64. The highest BCUT2D eigenvalue weighted by molar-refractivity contribution is 7.14. The van der Waals surface area contributed by atoms with E-state index in [1.54, 1.807) is 25.1 Å². The lowest BCUT2D eigenvalue weighted by Gasteiger charge is -2.16. The molecule has 1 atom stereocenters. The number of hydrogen-bond acceptors (Lipinski definition) is 5. The molecule has 0 radical (unpaired) electrons. The summed E-state index contributed by atoms with van der Waals surface area (Å²) in [6.07, 6.45) is 5.59. The summed E-state index contributed by atoms with van der Waals surface area (Å²) in [5.74, 6) is -0.0662. The van der Waals surface area contributed by atoms with Gasteiger partial charge in [-0.15, -0.1) is 11.3 Å². The van der Waals surface area contributed by atoms with Crippen molar-refractivity contribution >= 4 is 17.2 Å². The first kappa shape index (κ1) is 17.9. The lowest BCUT2D eigenvalue weighted by Crippen LogP contribution is -2.30. The highest BCUT2D eigenvalue weighted by atomic mass is 32.1. The summed E-state index contributed by atoms with van der Waals surface area (Å²) in [7, 11) is 0. The fourth-order valence-electron chi connectivity index (χ4n) is 3.40. The van der Waals surface area contributed by atoms with Gasteiger partial charge in [0.05, 0.1) is 4.88 Å². The van der Waals surface area contributed by atoms with E-state index in [0.29, 0.717) is 16.3 Å². The number of amides is 1. The first-order valence-electron chi connectivity index (χ1n) is 9.09. The number of carbonyl (C=O) groups is 1. The molecule has 2 heterocycles. The number of rotatable bonds is 4. The lowest BCUT2D eigenvalue weighted by atomic mass is 10.1. The maximum Gasteiger partial charge on any atom is 0.262 e. The van der Waals surface area contributed by atoms with Crippen molar-refractivity contribution in [3.63, 3.8) is 0 Å². The Kier molecular flexibility index (Phi) is 5.03. The Bertz CT molecular complexity index is 942. The van der Waals surface area contributed by atoms with Crippen LogP contribution in [-0.4, -0.2) is 16.0 Å². The Labute approximate surface area is 160 Å². The number of fused-ring (bicyclic) bond motifs is 1. The Morgan fingerprint density at radius 3 is 2.85 bits per heavy atom. The molecule has 1 N–H and O–H groups in total. The number of halogens is 1. The molecule has 0 aliphatic heterocycles. The van der Waals surface area contributed by atoms with E-state index in [1.165, 1.54) is 34.3 Å². The van der Waals surface area contributed by atoms with Crippen LogP contribution in [0, 0.1) is 12.7 Å². The van der Waals surface area contributed by atoms with E-state index in [4.69, 9.17) is 4.52 Å². The molecule has 3 aromatic rings. The van der Waals surface area contributed by atoms with Gasteiger partial charge in [-0.05, 0) is 43.4 Å². The number of aromatic nitrogens is 2. The van der Waals surface area contributed by atoms with E-state index in [-0.39, 0.29) is 11.7 Å². The van der Waals surface area contributed by atoms with Gasteiger partial charge in [0.2, 0.25) is 5.89 Å². The minimum atomic E-state index is -0.807. The predicted octanol–water partition coefficient (Wildman–Crippen LogP) is 4.37. The molecule has 4 rings (SSSR count). The van der Waals surface area contributed by atoms with Crippen molar-refractivity contribution in [2.45, 2.75) is 45.1 Å². The van der Waals surface area contributed by atoms with Crippen molar-refractivity contribution in [1.82, 2.24) is 15.5 Å². The number of hydrogen-bond donors (Lipinski definition) is 1. The maximum atomic E-state index is 14.4. The van der Waals surface area contributed by atoms with E-state index < -0.39 is 11.9 Å². The van der Waals surface area contributed by atoms with Crippen LogP contribution in [0.2, 0.25) is 0 Å². The van der Waals surface area contributed by atoms with E-state index in [2.05, 4.69) is 15.5 Å². The van der Waals surface area contributed by atoms with Gasteiger partial charge >= 0.3 is 0 Å². The second-order valence-corrected chi connectivity index (χ2v) is 7.86. The summed E-state index contributed by atoms with van der Waals surface area (Å²) < 4.78 is 19.4. The summed E-state index contributed by atoms with van der Waals surface area (Å²) >= 11 is 1.53. The molecule has 0 bridgehead atoms. The largest absolute Gasteiger partial charge is 0.340 e. The highest BCUT2D eigenvalue weighted by Crippen LogP contribution is 2.30. The standard InChI is InChI=1S/C20H20FN3O2S/c1-12-22-19(24-26-12)18(14-8-5-6-9-15(14)21)23-20(25)17-11-13-7-3-2-4-10-16(13)27-17/h5-6,8-9,11,18H,2-4,7,10H2,1H3,(H,23,25). The van der Waals surface area contributed by atoms with Crippen molar-refractivity contribution in [2.75, 3.05) is 0 Å². The fourth-order valence-corrected chi connectivity index (χ4v) is 4.56. The topological polar surface area (TPSA) is 68.0 Å². The summed E-state index contributed by atoms with van der Waals surface area (Å²) in [5.41, 5.74) is 1.57. The zero-order valence-corrected chi connectivity index (χ0v) is 15.8. The Morgan fingerprint density at radius 2 is 2.07 bits per heavy atom. The molecule has 2 aromatic heterocycles. The second-order valence-electron chi connectivity index (χ2n) is 6.72. The average molecular weight is 385 g/mol. The van der Waals surface area contributed by atoms with Crippen LogP contribution in [0.3, 0.4) is 0 Å². The van der Waals surface area contributed by atoms with E-state index in [9.17, 15) is 9.18 Å². The molecular weight excluding hydrogens is 365 g/mol. The molecule has 1 aliphatic carbocycles. The molecular formula is C20H20FN3O2S. The lowest BCUT2D eigenvalue weighted by molar-refractivity contribution is 0.0944. The molecule has 5 nitrogen and oxygen atoms in total. The zero-order valence-electron chi connectivity index (χ0n) is 15.0. The quantitative estimate of drug-likeness (QED) is 0.677. The van der Waals surface area contributed by atoms with Gasteiger partial charge in [0, 0.05) is 17.4 Å². The van der Waals surface area contributed by atoms with Crippen molar-refractivity contribution in [2.24, 2.45) is 0 Å². The van der Waals surface area contributed by atoms with Gasteiger partial charge in [0.1, 0.15) is 11.9 Å². The molecule has 0 saturated carbocycles. The van der Waals surface area contributed by atoms with Crippen LogP contribution in [0.5, 0.6) is 0 Å². The Morgan fingerprint density at radius 1 is 1.26 bits per heavy atom. The maximum absolute atomic E-state index is 14.4. The number of nitrogens with one attached hydrogen (secondary N) is 1. The summed E-state index contributed by atoms with van der Waals surface area (Å²) in [6.45, 7) is 1.66. The van der Waals surface area contributed by atoms with Crippen LogP contribution < -0.4 is 5.32 Å². The predicted molar refractivity (Wildman–Crippen MR) is 100 cm³/mol. The minimum absolute atomic E-state index is 0.240. The first-order valence-corrected chi connectivity index (χ1v) is 9.90. The molecule has 0 fully saturated rings. The third kappa shape index (κ3) is 3.78. The number of nitrogens with zero attached hydrogens (tertiary/aromatic N) is 2. The molecule has 0 saturated heterocycles. The highest BCUT2D eigenvalue weighted by Gasteiger charge is 2.26. The molecule has 1 unspecified atom stereocenters. The number of benzene rings is 1. The fraction of sp³-hybridized carbons (Fsp3) is 0.350. The van der Waals surface area contributed by atoms with Crippen molar-refractivity contribution in [3.8, 4) is 0 Å². The van der Waals surface area contributed by atoms with Gasteiger partial charge in [-0.3, -0.25) is 4.79 Å². The van der Waals surface area contributed by atoms with Gasteiger partial charge < -0.3 is 9.84 Å². The average Bonchev–Trinajstić information content (AvgIpc) is 3.21. The molecule has 0 spiro atoms. The van der Waals surface area contributed by atoms with Gasteiger partial charge in [0.15, 0.2) is 5.82 Å².